The van der Waals surface area contributed by atoms with Crippen LogP contribution >= 0.6 is 38.8 Å². The van der Waals surface area contributed by atoms with Crippen LogP contribution in [0.4, 0.5) is 34.6 Å². The Kier molecular flexibility index (Phi) is 13.0. The molecule has 2 heterocycles. The van der Waals surface area contributed by atoms with Gasteiger partial charge in [0.05, 0.1) is 28.2 Å². The van der Waals surface area contributed by atoms with Crippen molar-refractivity contribution in [1.29, 1.82) is 0 Å². The molecule has 0 fully saturated rings. The quantitative estimate of drug-likeness (QED) is 0.0998. The Morgan fingerprint density at radius 1 is 0.705 bits per heavy atom. The van der Waals surface area contributed by atoms with Crippen LogP contribution in [0.1, 0.15) is 17.5 Å². The zero-order valence-electron chi connectivity index (χ0n) is 26.3. The van der Waals surface area contributed by atoms with E-state index in [0.717, 1.165) is 53.4 Å². The van der Waals surface area contributed by atoms with Crippen molar-refractivity contribution in [3.63, 3.8) is 0 Å². The summed E-state index contributed by atoms with van der Waals surface area (Å²) >= 11 is 0. The first-order valence-corrected chi connectivity index (χ1v) is 29.5. The van der Waals surface area contributed by atoms with E-state index in [4.69, 9.17) is 38.8 Å². The first-order valence-electron chi connectivity index (χ1n) is 13.9. The predicted octanol–water partition coefficient (Wildman–Crippen LogP) is 6.97. The molecule has 0 spiro atoms. The summed E-state index contributed by atoms with van der Waals surface area (Å²) < 4.78 is 7.07. The third-order valence-electron chi connectivity index (χ3n) is 6.73. The van der Waals surface area contributed by atoms with Crippen molar-refractivity contribution in [3.05, 3.63) is 60.2 Å². The molecule has 0 N–H and O–H groups in total. The van der Waals surface area contributed by atoms with Gasteiger partial charge in [-0.25, -0.2) is 9.13 Å². The van der Waals surface area contributed by atoms with Gasteiger partial charge < -0.3 is 9.80 Å². The van der Waals surface area contributed by atoms with Gasteiger partial charge in [-0.2, -0.15) is 0 Å². The maximum atomic E-state index is 5.05. The van der Waals surface area contributed by atoms with E-state index in [1.807, 2.05) is 49.5 Å². The number of hydrogen-bond acceptors (Lipinski definition) is 8. The van der Waals surface area contributed by atoms with Crippen LogP contribution in [0.2, 0.25) is 0 Å². The summed E-state index contributed by atoms with van der Waals surface area (Å²) in [5.41, 5.74) is 6.17. The number of halogens is 4. The number of aromatic nitrogens is 6. The number of benzene rings is 2. The van der Waals surface area contributed by atoms with E-state index in [1.165, 1.54) is 0 Å². The molecule has 2 aromatic carbocycles. The van der Waals surface area contributed by atoms with Gasteiger partial charge in [0.2, 0.25) is 12.7 Å². The van der Waals surface area contributed by atoms with Crippen molar-refractivity contribution in [2.24, 2.45) is 48.6 Å². The number of nitrogens with zero attached hydrogens (tertiary/aromatic N) is 12. The van der Waals surface area contributed by atoms with E-state index >= 15 is 0 Å². The fourth-order valence-electron chi connectivity index (χ4n) is 4.22. The molecule has 0 aliphatic rings. The minimum atomic E-state index is -3.36. The van der Waals surface area contributed by atoms with Crippen LogP contribution in [0.3, 0.4) is 0 Å². The summed E-state index contributed by atoms with van der Waals surface area (Å²) in [6, 6.07) is 12.5. The number of aryl methyl sites for hydroxylation is 6. The molecule has 17 heteroatoms. The van der Waals surface area contributed by atoms with E-state index in [2.05, 4.69) is 92.7 Å². The molecule has 0 amide bonds. The molecule has 0 bridgehead atoms. The van der Waals surface area contributed by atoms with Crippen molar-refractivity contribution in [1.82, 2.24) is 19.6 Å². The summed E-state index contributed by atoms with van der Waals surface area (Å²) in [4.78, 5) is 4.55. The Bertz CT molecular complexity index is 1460. The molecule has 4 rings (SSSR count). The van der Waals surface area contributed by atoms with Crippen LogP contribution in [0.5, 0.6) is 0 Å². The van der Waals surface area contributed by atoms with Crippen molar-refractivity contribution in [3.8, 4) is 0 Å². The number of rotatable bonds is 10. The number of azo groups is 2. The van der Waals surface area contributed by atoms with Crippen LogP contribution in [0, 0.1) is 13.8 Å². The zero-order valence-corrected chi connectivity index (χ0v) is 32.3. The Hall–Kier alpha value is -2.70. The van der Waals surface area contributed by atoms with Crippen molar-refractivity contribution in [2.45, 2.75) is 20.3 Å². The van der Waals surface area contributed by atoms with Crippen LogP contribution < -0.4 is 18.9 Å². The molecule has 0 atom stereocenters. The molecule has 0 unspecified atom stereocenters. The molecular formula is C27H38Cl4N12Zn. The third kappa shape index (κ3) is 10.7. The average molecular weight is 738 g/mol. The average Bonchev–Trinajstić information content (AvgIpc) is 3.44. The Morgan fingerprint density at radius 3 is 1.36 bits per heavy atom. The first kappa shape index (κ1) is 35.8. The monoisotopic (exact) mass is 734 g/mol. The standard InChI is InChI=1S/C27H38N12.4ClH.Zn/c1-20-16-22(10-12-24(20)30-32-26-36(5)18-28-38(26)7)34(3)14-9-15-35(4)23-11-13-25(21(2)17-23)31-33-27-37(6)19-29-39(27)8;;;;;/h10-13,16-19H,9,14-15H2,1-8H3;4*1H;/q+2;;;;;+2/p-4. The van der Waals surface area contributed by atoms with Crippen LogP contribution in [0.15, 0.2) is 69.5 Å². The summed E-state index contributed by atoms with van der Waals surface area (Å²) in [6.45, 7) is 5.99. The third-order valence-corrected chi connectivity index (χ3v) is 6.73. The molecule has 236 valence electrons. The van der Waals surface area contributed by atoms with E-state index < -0.39 is 10.8 Å². The normalized spacial score (nSPS) is 11.7. The molecular weight excluding hydrogens is 700 g/mol. The molecule has 0 radical (unpaired) electrons. The fraction of sp³-hybridized carbons (Fsp3) is 0.407. The van der Waals surface area contributed by atoms with E-state index in [0.29, 0.717) is 11.9 Å². The topological polar surface area (TPSA) is 99.3 Å². The maximum absolute atomic E-state index is 5.05. The second-order valence-corrected chi connectivity index (χ2v) is 38.2. The molecule has 12 nitrogen and oxygen atoms in total. The van der Waals surface area contributed by atoms with Crippen molar-refractivity contribution in [2.75, 3.05) is 37.0 Å². The molecule has 44 heavy (non-hydrogen) atoms. The summed E-state index contributed by atoms with van der Waals surface area (Å²) in [5.74, 6) is 1.38. The van der Waals surface area contributed by atoms with Gasteiger partial charge in [-0.15, -0.1) is 9.36 Å². The van der Waals surface area contributed by atoms with Gasteiger partial charge in [0, 0.05) is 48.8 Å². The summed E-state index contributed by atoms with van der Waals surface area (Å²) in [7, 11) is 28.6. The molecule has 0 saturated carbocycles. The van der Waals surface area contributed by atoms with Gasteiger partial charge in [-0.05, 0) is 78.0 Å². The molecule has 2 aromatic heterocycles. The van der Waals surface area contributed by atoms with Gasteiger partial charge in [0.1, 0.15) is 11.4 Å². The summed E-state index contributed by atoms with van der Waals surface area (Å²) in [6.07, 6.45) is 4.44. The van der Waals surface area contributed by atoms with E-state index in [-0.39, 0.29) is 0 Å². The zero-order chi connectivity index (χ0) is 32.6. The Labute approximate surface area is 277 Å². The van der Waals surface area contributed by atoms with Gasteiger partial charge in [0.25, 0.3) is 0 Å². The number of anilines is 2. The van der Waals surface area contributed by atoms with E-state index in [9.17, 15) is 0 Å². The van der Waals surface area contributed by atoms with Crippen LogP contribution in [-0.2, 0) is 39.0 Å². The predicted molar refractivity (Wildman–Crippen MR) is 174 cm³/mol. The second-order valence-electron chi connectivity index (χ2n) is 10.5. The van der Waals surface area contributed by atoms with Gasteiger partial charge >= 0.3 is 61.5 Å². The molecule has 0 aliphatic heterocycles. The fourth-order valence-corrected chi connectivity index (χ4v) is 4.22. The molecule has 0 saturated heterocycles. The van der Waals surface area contributed by atoms with Crippen molar-refractivity contribution < 1.29 is 19.9 Å². The molecule has 4 aromatic rings. The van der Waals surface area contributed by atoms with Gasteiger partial charge in [-0.1, -0.05) is 10.2 Å². The Morgan fingerprint density at radius 2 is 1.07 bits per heavy atom. The van der Waals surface area contributed by atoms with Gasteiger partial charge in [0.15, 0.2) is 0 Å². The number of hydrogen-bond donors (Lipinski definition) is 0. The van der Waals surface area contributed by atoms with Crippen LogP contribution in [-0.4, -0.2) is 46.7 Å². The minimum absolute atomic E-state index is 0.688. The van der Waals surface area contributed by atoms with E-state index in [1.54, 1.807) is 22.0 Å². The molecule has 0 aliphatic carbocycles. The van der Waals surface area contributed by atoms with Crippen molar-refractivity contribution >= 4 is 73.4 Å². The van der Waals surface area contributed by atoms with Crippen LogP contribution in [0.25, 0.3) is 0 Å². The van der Waals surface area contributed by atoms with Gasteiger partial charge in [-0.3, -0.25) is 0 Å². The first-order chi connectivity index (χ1) is 20.6. The SMILES string of the molecule is Cc1cc(N(C)CCCN(C)c2ccc(N=Nc3n(C)nc[n+]3C)c(C)c2)ccc1N=Nc1n(C)nc[n+]1C.[Cl][Zn-2]([Cl])([Cl])[Cl]. The summed E-state index contributed by atoms with van der Waals surface area (Å²) in [5, 5.41) is 26.0. The Balaban J connectivity index is 0.000000978. The second kappa shape index (κ2) is 16.0.